The van der Waals surface area contributed by atoms with Crippen molar-refractivity contribution in [3.05, 3.63) is 46.5 Å². The molecule has 0 saturated heterocycles. The topological polar surface area (TPSA) is 12.0 Å². The lowest BCUT2D eigenvalue weighted by atomic mass is 9.90. The first-order chi connectivity index (χ1) is 8.58. The number of halogens is 1. The normalized spacial score (nSPS) is 20.1. The van der Waals surface area contributed by atoms with Crippen LogP contribution in [0.4, 0.5) is 0 Å². The number of hydrogen-bond acceptors (Lipinski definition) is 1. The highest BCUT2D eigenvalue weighted by atomic mass is 79.9. The molecule has 0 bridgehead atoms. The first-order valence-electron chi connectivity index (χ1n) is 6.74. The third-order valence-corrected chi connectivity index (χ3v) is 4.30. The summed E-state index contributed by atoms with van der Waals surface area (Å²) in [6.07, 6.45) is 8.41. The van der Waals surface area contributed by atoms with Crippen LogP contribution in [0, 0.1) is 5.92 Å². The van der Waals surface area contributed by atoms with Gasteiger partial charge in [0, 0.05) is 10.0 Å². The number of benzene rings is 1. The van der Waals surface area contributed by atoms with Crippen LogP contribution in [-0.2, 0) is 5.54 Å². The van der Waals surface area contributed by atoms with E-state index in [1.807, 2.05) is 0 Å². The Balaban J connectivity index is 1.94. The van der Waals surface area contributed by atoms with Crippen LogP contribution in [0.25, 0.3) is 0 Å². The summed E-state index contributed by atoms with van der Waals surface area (Å²) in [5, 5.41) is 3.72. The molecule has 0 fully saturated rings. The van der Waals surface area contributed by atoms with Gasteiger partial charge >= 0.3 is 0 Å². The molecule has 1 aliphatic rings. The van der Waals surface area contributed by atoms with Crippen molar-refractivity contribution in [2.24, 2.45) is 5.92 Å². The number of nitrogens with one attached hydrogen (secondary N) is 1. The number of allylic oxidation sites excluding steroid dienone is 2. The molecule has 1 aliphatic carbocycles. The molecule has 0 spiro atoms. The number of rotatable bonds is 4. The Morgan fingerprint density at radius 3 is 2.56 bits per heavy atom. The summed E-state index contributed by atoms with van der Waals surface area (Å²) in [4.78, 5) is 0. The Morgan fingerprint density at radius 2 is 1.94 bits per heavy atom. The standard InChI is InChI=1S/C16H22BrN/c1-16(2,14-8-10-15(17)11-9-14)18-12-13-6-4-3-5-7-13/h3-4,8-11,13,18H,5-7,12H2,1-2H3. The summed E-state index contributed by atoms with van der Waals surface area (Å²) in [6, 6.07) is 8.61. The highest BCUT2D eigenvalue weighted by Gasteiger charge is 2.21. The number of hydrogen-bond donors (Lipinski definition) is 1. The molecular weight excluding hydrogens is 286 g/mol. The van der Waals surface area contributed by atoms with Crippen LogP contribution < -0.4 is 5.32 Å². The summed E-state index contributed by atoms with van der Waals surface area (Å²) in [6.45, 7) is 5.62. The maximum atomic E-state index is 3.72. The first-order valence-corrected chi connectivity index (χ1v) is 7.53. The highest BCUT2D eigenvalue weighted by molar-refractivity contribution is 9.10. The molecule has 1 N–H and O–H groups in total. The molecule has 0 aromatic heterocycles. The highest BCUT2D eigenvalue weighted by Crippen LogP contribution is 2.24. The van der Waals surface area contributed by atoms with Gasteiger partial charge in [0.05, 0.1) is 0 Å². The van der Waals surface area contributed by atoms with E-state index in [0.29, 0.717) is 0 Å². The van der Waals surface area contributed by atoms with Crippen LogP contribution in [0.2, 0.25) is 0 Å². The van der Waals surface area contributed by atoms with Crippen molar-refractivity contribution in [2.75, 3.05) is 6.54 Å². The van der Waals surface area contributed by atoms with Crippen LogP contribution in [0.5, 0.6) is 0 Å². The van der Waals surface area contributed by atoms with Gasteiger partial charge in [-0.3, -0.25) is 0 Å². The smallest absolute Gasteiger partial charge is 0.0377 e. The van der Waals surface area contributed by atoms with Crippen molar-refractivity contribution in [3.63, 3.8) is 0 Å². The van der Waals surface area contributed by atoms with E-state index in [1.54, 1.807) is 0 Å². The minimum Gasteiger partial charge on any atom is -0.308 e. The molecule has 2 heteroatoms. The summed E-state index contributed by atoms with van der Waals surface area (Å²) >= 11 is 3.49. The van der Waals surface area contributed by atoms with E-state index in [4.69, 9.17) is 0 Å². The first kappa shape index (κ1) is 13.8. The lowest BCUT2D eigenvalue weighted by molar-refractivity contribution is 0.341. The van der Waals surface area contributed by atoms with Gasteiger partial charge in [0.15, 0.2) is 0 Å². The van der Waals surface area contributed by atoms with Gasteiger partial charge in [-0.25, -0.2) is 0 Å². The predicted molar refractivity (Wildman–Crippen MR) is 81.7 cm³/mol. The Kier molecular flexibility index (Phi) is 4.63. The van der Waals surface area contributed by atoms with E-state index in [-0.39, 0.29) is 5.54 Å². The molecule has 0 saturated carbocycles. The van der Waals surface area contributed by atoms with Crippen molar-refractivity contribution < 1.29 is 0 Å². The molecule has 1 unspecified atom stereocenters. The summed E-state index contributed by atoms with van der Waals surface area (Å²) in [5.74, 6) is 0.796. The van der Waals surface area contributed by atoms with E-state index in [9.17, 15) is 0 Å². The molecule has 0 aliphatic heterocycles. The second-order valence-electron chi connectivity index (χ2n) is 5.66. The second kappa shape index (κ2) is 6.03. The zero-order valence-corrected chi connectivity index (χ0v) is 12.8. The van der Waals surface area contributed by atoms with Crippen LogP contribution >= 0.6 is 15.9 Å². The fourth-order valence-corrected chi connectivity index (χ4v) is 2.67. The molecule has 0 amide bonds. The van der Waals surface area contributed by atoms with E-state index in [0.717, 1.165) is 16.9 Å². The minimum atomic E-state index is 0.0435. The largest absolute Gasteiger partial charge is 0.308 e. The summed E-state index contributed by atoms with van der Waals surface area (Å²) in [7, 11) is 0. The molecular formula is C16H22BrN. The molecule has 1 aromatic carbocycles. The fourth-order valence-electron chi connectivity index (χ4n) is 2.41. The Morgan fingerprint density at radius 1 is 1.22 bits per heavy atom. The SMILES string of the molecule is CC(C)(NCC1CC=CCC1)c1ccc(Br)cc1. The lowest BCUT2D eigenvalue weighted by Gasteiger charge is -2.30. The molecule has 1 nitrogen and oxygen atoms in total. The molecule has 98 valence electrons. The van der Waals surface area contributed by atoms with Gasteiger partial charge in [-0.1, -0.05) is 40.2 Å². The fraction of sp³-hybridized carbons (Fsp3) is 0.500. The average molecular weight is 308 g/mol. The van der Waals surface area contributed by atoms with Crippen LogP contribution in [-0.4, -0.2) is 6.54 Å². The van der Waals surface area contributed by atoms with E-state index in [2.05, 4.69) is 71.5 Å². The predicted octanol–water partition coefficient (Wildman–Crippen LogP) is 4.63. The summed E-state index contributed by atoms with van der Waals surface area (Å²) in [5.41, 5.74) is 1.39. The van der Waals surface area contributed by atoms with Gasteiger partial charge in [-0.15, -0.1) is 0 Å². The zero-order valence-electron chi connectivity index (χ0n) is 11.2. The van der Waals surface area contributed by atoms with Crippen LogP contribution in [0.1, 0.15) is 38.7 Å². The Labute approximate surface area is 119 Å². The van der Waals surface area contributed by atoms with Gasteiger partial charge in [0.1, 0.15) is 0 Å². The molecule has 18 heavy (non-hydrogen) atoms. The van der Waals surface area contributed by atoms with Crippen LogP contribution in [0.3, 0.4) is 0 Å². The third kappa shape index (κ3) is 3.69. The molecule has 2 rings (SSSR count). The van der Waals surface area contributed by atoms with E-state index < -0.39 is 0 Å². The van der Waals surface area contributed by atoms with Gasteiger partial charge in [-0.05, 0) is 63.3 Å². The second-order valence-corrected chi connectivity index (χ2v) is 6.58. The van der Waals surface area contributed by atoms with Crippen molar-refractivity contribution in [3.8, 4) is 0 Å². The van der Waals surface area contributed by atoms with Gasteiger partial charge in [0.2, 0.25) is 0 Å². The van der Waals surface area contributed by atoms with Crippen LogP contribution in [0.15, 0.2) is 40.9 Å². The van der Waals surface area contributed by atoms with E-state index in [1.165, 1.54) is 24.8 Å². The molecule has 0 radical (unpaired) electrons. The lowest BCUT2D eigenvalue weighted by Crippen LogP contribution is -2.39. The molecule has 0 heterocycles. The van der Waals surface area contributed by atoms with Gasteiger partial charge < -0.3 is 5.32 Å². The van der Waals surface area contributed by atoms with E-state index >= 15 is 0 Å². The Bertz CT molecular complexity index is 406. The van der Waals surface area contributed by atoms with Crippen molar-refractivity contribution in [1.29, 1.82) is 0 Å². The molecule has 1 aromatic rings. The Hall–Kier alpha value is -0.600. The van der Waals surface area contributed by atoms with Gasteiger partial charge in [-0.2, -0.15) is 0 Å². The average Bonchev–Trinajstić information content (AvgIpc) is 2.38. The van der Waals surface area contributed by atoms with Crippen molar-refractivity contribution in [1.82, 2.24) is 5.32 Å². The zero-order chi connectivity index (χ0) is 13.0. The van der Waals surface area contributed by atoms with Crippen molar-refractivity contribution >= 4 is 15.9 Å². The maximum Gasteiger partial charge on any atom is 0.0377 e. The minimum absolute atomic E-state index is 0.0435. The van der Waals surface area contributed by atoms with Gasteiger partial charge in [0.25, 0.3) is 0 Å². The molecule has 1 atom stereocenters. The quantitative estimate of drug-likeness (QED) is 0.800. The summed E-state index contributed by atoms with van der Waals surface area (Å²) < 4.78 is 1.14. The third-order valence-electron chi connectivity index (χ3n) is 3.78. The maximum absolute atomic E-state index is 3.72. The van der Waals surface area contributed by atoms with Crippen molar-refractivity contribution in [2.45, 2.75) is 38.6 Å². The monoisotopic (exact) mass is 307 g/mol.